The van der Waals surface area contributed by atoms with E-state index in [1.807, 2.05) is 0 Å². The molecule has 1 atom stereocenters. The number of nitro groups is 1. The third-order valence-electron chi connectivity index (χ3n) is 2.90. The number of amides is 1. The lowest BCUT2D eigenvalue weighted by atomic mass is 10.0. The Kier molecular flexibility index (Phi) is 3.58. The number of carbonyl (C=O) groups is 1. The molecule has 18 heavy (non-hydrogen) atoms. The summed E-state index contributed by atoms with van der Waals surface area (Å²) in [5.41, 5.74) is 0. The molecule has 1 aromatic rings. The summed E-state index contributed by atoms with van der Waals surface area (Å²) in [6, 6.07) is 4.48. The molecule has 0 bridgehead atoms. The zero-order chi connectivity index (χ0) is 13.1. The van der Waals surface area contributed by atoms with Gasteiger partial charge in [-0.2, -0.15) is 5.26 Å². The maximum absolute atomic E-state index is 12.2. The summed E-state index contributed by atoms with van der Waals surface area (Å²) in [5.74, 6) is -0.278. The van der Waals surface area contributed by atoms with Gasteiger partial charge in [-0.25, -0.2) is 0 Å². The quantitative estimate of drug-likeness (QED) is 0.605. The molecular weight excluding hydrogens is 254 g/mol. The normalized spacial score (nSPS) is 19.3. The van der Waals surface area contributed by atoms with Crippen molar-refractivity contribution in [2.75, 3.05) is 6.54 Å². The Morgan fingerprint density at radius 3 is 2.94 bits per heavy atom. The molecule has 1 saturated heterocycles. The standard InChI is InChI=1S/C11H11N3O3S/c12-7-8-3-1-2-6-13(8)11(15)9-4-5-10(18-9)14(16)17/h4-5,8H,1-3,6H2. The molecule has 1 aliphatic heterocycles. The van der Waals surface area contributed by atoms with Crippen LogP contribution >= 0.6 is 11.3 Å². The number of hydrogen-bond acceptors (Lipinski definition) is 5. The zero-order valence-electron chi connectivity index (χ0n) is 9.54. The Bertz CT molecular complexity index is 520. The van der Waals surface area contributed by atoms with Gasteiger partial charge in [0.1, 0.15) is 6.04 Å². The van der Waals surface area contributed by atoms with E-state index in [0.717, 1.165) is 24.2 Å². The van der Waals surface area contributed by atoms with Gasteiger partial charge in [0.25, 0.3) is 5.91 Å². The van der Waals surface area contributed by atoms with E-state index >= 15 is 0 Å². The molecule has 1 aromatic heterocycles. The van der Waals surface area contributed by atoms with Crippen LogP contribution in [0.3, 0.4) is 0 Å². The summed E-state index contributed by atoms with van der Waals surface area (Å²) in [7, 11) is 0. The number of rotatable bonds is 2. The molecule has 7 heteroatoms. The predicted molar refractivity (Wildman–Crippen MR) is 65.3 cm³/mol. The van der Waals surface area contributed by atoms with Crippen LogP contribution in [0.2, 0.25) is 0 Å². The molecule has 1 amide bonds. The second kappa shape index (κ2) is 5.14. The van der Waals surface area contributed by atoms with Crippen LogP contribution in [0.5, 0.6) is 0 Å². The second-order valence-corrected chi connectivity index (χ2v) is 5.10. The molecule has 2 rings (SSSR count). The fourth-order valence-electron chi connectivity index (χ4n) is 1.99. The van der Waals surface area contributed by atoms with Crippen molar-refractivity contribution < 1.29 is 9.72 Å². The molecule has 0 saturated carbocycles. The summed E-state index contributed by atoms with van der Waals surface area (Å²) in [6.07, 6.45) is 2.49. The predicted octanol–water partition coefficient (Wildman–Crippen LogP) is 2.17. The van der Waals surface area contributed by atoms with E-state index in [1.165, 1.54) is 17.0 Å². The largest absolute Gasteiger partial charge is 0.324 e. The van der Waals surface area contributed by atoms with Crippen LogP contribution in [0.4, 0.5) is 5.00 Å². The van der Waals surface area contributed by atoms with Crippen molar-refractivity contribution in [2.45, 2.75) is 25.3 Å². The molecule has 0 aromatic carbocycles. The third kappa shape index (κ3) is 2.33. The van der Waals surface area contributed by atoms with Crippen molar-refractivity contribution in [3.8, 4) is 6.07 Å². The minimum absolute atomic E-state index is 0.0520. The van der Waals surface area contributed by atoms with Gasteiger partial charge in [0, 0.05) is 12.6 Å². The summed E-state index contributed by atoms with van der Waals surface area (Å²) >= 11 is 0.856. The number of nitriles is 1. The lowest BCUT2D eigenvalue weighted by Crippen LogP contribution is -2.42. The molecule has 6 nitrogen and oxygen atoms in total. The highest BCUT2D eigenvalue weighted by Gasteiger charge is 2.29. The van der Waals surface area contributed by atoms with Gasteiger partial charge in [-0.3, -0.25) is 14.9 Å². The van der Waals surface area contributed by atoms with Gasteiger partial charge in [-0.15, -0.1) is 0 Å². The van der Waals surface area contributed by atoms with Crippen LogP contribution in [0, 0.1) is 21.4 Å². The number of carbonyl (C=O) groups excluding carboxylic acids is 1. The topological polar surface area (TPSA) is 87.2 Å². The first-order chi connectivity index (χ1) is 8.63. The molecule has 2 heterocycles. The van der Waals surface area contributed by atoms with E-state index in [0.29, 0.717) is 17.8 Å². The van der Waals surface area contributed by atoms with Gasteiger partial charge in [-0.05, 0) is 25.3 Å². The molecule has 94 valence electrons. The summed E-state index contributed by atoms with van der Waals surface area (Å²) in [6.45, 7) is 0.544. The number of nitrogens with zero attached hydrogens (tertiary/aromatic N) is 3. The van der Waals surface area contributed by atoms with Crippen LogP contribution in [0.25, 0.3) is 0 Å². The van der Waals surface area contributed by atoms with Crippen molar-refractivity contribution in [1.82, 2.24) is 4.90 Å². The summed E-state index contributed by atoms with van der Waals surface area (Å²) in [4.78, 5) is 24.1. The molecule has 0 spiro atoms. The highest BCUT2D eigenvalue weighted by molar-refractivity contribution is 7.17. The molecule has 0 aliphatic carbocycles. The van der Waals surface area contributed by atoms with Gasteiger partial charge in [-0.1, -0.05) is 11.3 Å². The van der Waals surface area contributed by atoms with E-state index in [2.05, 4.69) is 6.07 Å². The van der Waals surface area contributed by atoms with Crippen LogP contribution in [-0.2, 0) is 0 Å². The van der Waals surface area contributed by atoms with E-state index in [4.69, 9.17) is 5.26 Å². The lowest BCUT2D eigenvalue weighted by molar-refractivity contribution is -0.380. The number of thiophene rings is 1. The maximum Gasteiger partial charge on any atom is 0.324 e. The van der Waals surface area contributed by atoms with Crippen LogP contribution in [0.15, 0.2) is 12.1 Å². The van der Waals surface area contributed by atoms with Crippen LogP contribution < -0.4 is 0 Å². The Balaban J connectivity index is 2.19. The minimum Gasteiger partial charge on any atom is -0.322 e. The van der Waals surface area contributed by atoms with E-state index < -0.39 is 11.0 Å². The Hall–Kier alpha value is -1.94. The second-order valence-electron chi connectivity index (χ2n) is 4.03. The Morgan fingerprint density at radius 2 is 2.33 bits per heavy atom. The summed E-state index contributed by atoms with van der Waals surface area (Å²) < 4.78 is 0. The van der Waals surface area contributed by atoms with Crippen molar-refractivity contribution >= 4 is 22.2 Å². The SMILES string of the molecule is N#CC1CCCCN1C(=O)c1ccc([N+](=O)[O-])s1. The third-order valence-corrected chi connectivity index (χ3v) is 3.92. The highest BCUT2D eigenvalue weighted by Crippen LogP contribution is 2.27. The number of piperidine rings is 1. The van der Waals surface area contributed by atoms with Crippen molar-refractivity contribution in [2.24, 2.45) is 0 Å². The number of hydrogen-bond donors (Lipinski definition) is 0. The van der Waals surface area contributed by atoms with Crippen molar-refractivity contribution in [3.63, 3.8) is 0 Å². The molecule has 0 N–H and O–H groups in total. The molecular formula is C11H11N3O3S. The van der Waals surface area contributed by atoms with Crippen molar-refractivity contribution in [1.29, 1.82) is 5.26 Å². The van der Waals surface area contributed by atoms with E-state index in [9.17, 15) is 14.9 Å². The van der Waals surface area contributed by atoms with Crippen LogP contribution in [-0.4, -0.2) is 28.3 Å². The maximum atomic E-state index is 12.2. The monoisotopic (exact) mass is 265 g/mol. The first kappa shape index (κ1) is 12.5. The molecule has 0 radical (unpaired) electrons. The van der Waals surface area contributed by atoms with Gasteiger partial charge in [0.15, 0.2) is 0 Å². The van der Waals surface area contributed by atoms with Gasteiger partial charge in [0.05, 0.1) is 15.9 Å². The van der Waals surface area contributed by atoms with Crippen molar-refractivity contribution in [3.05, 3.63) is 27.1 Å². The highest BCUT2D eigenvalue weighted by atomic mass is 32.1. The Morgan fingerprint density at radius 1 is 1.56 bits per heavy atom. The molecule has 1 fully saturated rings. The minimum atomic E-state index is -0.514. The average molecular weight is 265 g/mol. The smallest absolute Gasteiger partial charge is 0.322 e. The van der Waals surface area contributed by atoms with E-state index in [-0.39, 0.29) is 10.9 Å². The molecule has 1 unspecified atom stereocenters. The zero-order valence-corrected chi connectivity index (χ0v) is 10.4. The van der Waals surface area contributed by atoms with Gasteiger partial charge < -0.3 is 4.90 Å². The average Bonchev–Trinajstić information content (AvgIpc) is 2.87. The fraction of sp³-hybridized carbons (Fsp3) is 0.455. The summed E-state index contributed by atoms with van der Waals surface area (Å²) in [5, 5.41) is 19.5. The van der Waals surface area contributed by atoms with E-state index in [1.54, 1.807) is 0 Å². The fourth-order valence-corrected chi connectivity index (χ4v) is 2.77. The first-order valence-electron chi connectivity index (χ1n) is 5.58. The molecule has 1 aliphatic rings. The Labute approximate surface area is 108 Å². The van der Waals surface area contributed by atoms with Gasteiger partial charge >= 0.3 is 5.00 Å². The first-order valence-corrected chi connectivity index (χ1v) is 6.40. The lowest BCUT2D eigenvalue weighted by Gasteiger charge is -2.30. The van der Waals surface area contributed by atoms with Gasteiger partial charge in [0.2, 0.25) is 0 Å². The number of likely N-dealkylation sites (tertiary alicyclic amines) is 1. The van der Waals surface area contributed by atoms with Crippen LogP contribution in [0.1, 0.15) is 28.9 Å².